The molecule has 5 rings (SSSR count). The second-order valence-corrected chi connectivity index (χ2v) is 11.7. The van der Waals surface area contributed by atoms with Crippen LogP contribution in [0.5, 0.6) is 11.5 Å². The fourth-order valence-electron chi connectivity index (χ4n) is 5.08. The van der Waals surface area contributed by atoms with Gasteiger partial charge in [0.1, 0.15) is 29.0 Å². The van der Waals surface area contributed by atoms with Crippen molar-refractivity contribution in [2.75, 3.05) is 45.9 Å². The van der Waals surface area contributed by atoms with Gasteiger partial charge >= 0.3 is 0 Å². The Labute approximate surface area is 226 Å². The third-order valence-electron chi connectivity index (χ3n) is 7.03. The zero-order chi connectivity index (χ0) is 27.6. The molecule has 39 heavy (non-hydrogen) atoms. The molecule has 0 spiro atoms. The van der Waals surface area contributed by atoms with Crippen molar-refractivity contribution < 1.29 is 31.8 Å². The van der Waals surface area contributed by atoms with Gasteiger partial charge in [0.05, 0.1) is 38.0 Å². The van der Waals surface area contributed by atoms with Crippen molar-refractivity contribution in [1.82, 2.24) is 24.7 Å². The van der Waals surface area contributed by atoms with E-state index in [4.69, 9.17) is 18.9 Å². The minimum absolute atomic E-state index is 0.124. The molecule has 2 saturated heterocycles. The summed E-state index contributed by atoms with van der Waals surface area (Å²) in [4.78, 5) is 9.76. The summed E-state index contributed by atoms with van der Waals surface area (Å²) in [5.41, 5.74) is 0.503. The molecule has 0 aliphatic carbocycles. The van der Waals surface area contributed by atoms with Crippen molar-refractivity contribution >= 4 is 15.8 Å². The molecule has 0 bridgehead atoms. The first-order valence-electron chi connectivity index (χ1n) is 12.6. The molecule has 2 aliphatic heterocycles. The molecule has 1 aromatic carbocycles. The summed E-state index contributed by atoms with van der Waals surface area (Å²) >= 11 is 0. The number of hydrogen-bond acceptors (Lipinski definition) is 11. The number of nitrogens with zero attached hydrogens (tertiary/aromatic N) is 6. The van der Waals surface area contributed by atoms with Gasteiger partial charge in [-0.2, -0.15) is 0 Å². The van der Waals surface area contributed by atoms with Crippen molar-refractivity contribution in [2.45, 2.75) is 42.5 Å². The molecule has 0 N–H and O–H groups in total. The van der Waals surface area contributed by atoms with E-state index in [9.17, 15) is 12.8 Å². The molecule has 2 aromatic heterocycles. The first-order valence-corrected chi connectivity index (χ1v) is 14.3. The minimum Gasteiger partial charge on any atom is -0.494 e. The van der Waals surface area contributed by atoms with Crippen LogP contribution in [-0.4, -0.2) is 85.5 Å². The van der Waals surface area contributed by atoms with Gasteiger partial charge in [-0.1, -0.05) is 6.07 Å². The number of methoxy groups -OCH3 is 3. The number of para-hydroxylation sites is 1. The van der Waals surface area contributed by atoms with Gasteiger partial charge in [0.25, 0.3) is 0 Å². The maximum absolute atomic E-state index is 13.9. The first-order chi connectivity index (χ1) is 18.8. The van der Waals surface area contributed by atoms with E-state index in [-0.39, 0.29) is 36.9 Å². The highest BCUT2D eigenvalue weighted by atomic mass is 32.2. The molecule has 2 fully saturated rings. The third kappa shape index (κ3) is 5.54. The van der Waals surface area contributed by atoms with Crippen molar-refractivity contribution in [1.29, 1.82) is 0 Å². The maximum atomic E-state index is 13.9. The highest BCUT2D eigenvalue weighted by molar-refractivity contribution is 7.91. The van der Waals surface area contributed by atoms with Crippen LogP contribution in [0.4, 0.5) is 10.3 Å². The van der Waals surface area contributed by atoms with Crippen LogP contribution < -0.4 is 14.4 Å². The molecular formula is C25H31FN6O6S. The molecule has 0 saturated carbocycles. The summed E-state index contributed by atoms with van der Waals surface area (Å²) in [6.07, 6.45) is 3.24. The molecule has 210 valence electrons. The lowest BCUT2D eigenvalue weighted by molar-refractivity contribution is 0.0897. The fraction of sp³-hybridized carbons (Fsp3) is 0.520. The van der Waals surface area contributed by atoms with Crippen LogP contribution in [0.3, 0.4) is 0 Å². The van der Waals surface area contributed by atoms with Crippen molar-refractivity contribution in [2.24, 2.45) is 0 Å². The number of piperidine rings is 1. The molecule has 0 unspecified atom stereocenters. The highest BCUT2D eigenvalue weighted by Crippen LogP contribution is 2.38. The zero-order valence-corrected chi connectivity index (χ0v) is 22.8. The number of ether oxygens (including phenoxy) is 4. The number of benzene rings is 1. The van der Waals surface area contributed by atoms with E-state index in [1.54, 1.807) is 27.7 Å². The van der Waals surface area contributed by atoms with Crippen LogP contribution in [0.15, 0.2) is 30.6 Å². The average Bonchev–Trinajstić information content (AvgIpc) is 3.62. The Kier molecular flexibility index (Phi) is 7.96. The van der Waals surface area contributed by atoms with E-state index in [1.807, 2.05) is 0 Å². The van der Waals surface area contributed by atoms with Gasteiger partial charge in [-0.3, -0.25) is 4.57 Å². The van der Waals surface area contributed by atoms with Crippen LogP contribution in [0, 0.1) is 5.82 Å². The van der Waals surface area contributed by atoms with Crippen molar-refractivity contribution in [3.63, 3.8) is 0 Å². The number of rotatable bonds is 9. The largest absolute Gasteiger partial charge is 0.494 e. The topological polar surface area (TPSA) is 131 Å². The van der Waals surface area contributed by atoms with Crippen LogP contribution >= 0.6 is 0 Å². The number of halogens is 1. The summed E-state index contributed by atoms with van der Waals surface area (Å²) in [6, 6.07) is 5.31. The molecule has 14 heteroatoms. The van der Waals surface area contributed by atoms with Crippen molar-refractivity contribution in [3.8, 4) is 17.2 Å². The number of aromatic nitrogens is 5. The van der Waals surface area contributed by atoms with Crippen LogP contribution in [-0.2, 0) is 25.1 Å². The predicted molar refractivity (Wildman–Crippen MR) is 138 cm³/mol. The SMILES string of the molecule is COc1cccc(OC)c1-n1c(CS(=O)(=O)[C@@H]2C[C@H](OC)CN(c3ncc(F)cn3)C2)nnc1[C@@H]1CCCO1. The highest BCUT2D eigenvalue weighted by Gasteiger charge is 2.39. The van der Waals surface area contributed by atoms with Gasteiger partial charge in [0, 0.05) is 26.8 Å². The Morgan fingerprint density at radius 3 is 2.41 bits per heavy atom. The summed E-state index contributed by atoms with van der Waals surface area (Å²) in [5.74, 6) is 0.922. The molecule has 12 nitrogen and oxygen atoms in total. The van der Waals surface area contributed by atoms with Crippen LogP contribution in [0.1, 0.15) is 37.0 Å². The smallest absolute Gasteiger partial charge is 0.225 e. The Morgan fingerprint density at radius 2 is 1.79 bits per heavy atom. The number of anilines is 1. The van der Waals surface area contributed by atoms with E-state index >= 15 is 0 Å². The molecule has 2 aliphatic rings. The van der Waals surface area contributed by atoms with Gasteiger partial charge in [-0.05, 0) is 31.4 Å². The Hall–Kier alpha value is -3.36. The lowest BCUT2D eigenvalue weighted by Crippen LogP contribution is -2.50. The third-order valence-corrected chi connectivity index (χ3v) is 9.05. The van der Waals surface area contributed by atoms with E-state index in [0.717, 1.165) is 25.2 Å². The minimum atomic E-state index is -3.81. The Bertz CT molecular complexity index is 1370. The molecule has 3 atom stereocenters. The van der Waals surface area contributed by atoms with E-state index < -0.39 is 26.7 Å². The number of sulfone groups is 1. The van der Waals surface area contributed by atoms with Gasteiger partial charge in [0.15, 0.2) is 27.3 Å². The van der Waals surface area contributed by atoms with Gasteiger partial charge in [-0.15, -0.1) is 10.2 Å². The summed E-state index contributed by atoms with van der Waals surface area (Å²) < 4.78 is 65.6. The summed E-state index contributed by atoms with van der Waals surface area (Å²) in [6.45, 7) is 1.08. The molecular weight excluding hydrogens is 531 g/mol. The lowest BCUT2D eigenvalue weighted by Gasteiger charge is -2.36. The normalized spacial score (nSPS) is 21.7. The second-order valence-electron chi connectivity index (χ2n) is 9.45. The molecule has 0 amide bonds. The van der Waals surface area contributed by atoms with Gasteiger partial charge < -0.3 is 23.8 Å². The monoisotopic (exact) mass is 562 g/mol. The summed E-state index contributed by atoms with van der Waals surface area (Å²) in [7, 11) is 0.787. The molecule has 3 aromatic rings. The van der Waals surface area contributed by atoms with E-state index in [1.165, 1.54) is 21.3 Å². The fourth-order valence-corrected chi connectivity index (χ4v) is 6.78. The van der Waals surface area contributed by atoms with Gasteiger partial charge in [0.2, 0.25) is 5.95 Å². The average molecular weight is 563 g/mol. The maximum Gasteiger partial charge on any atom is 0.225 e. The lowest BCUT2D eigenvalue weighted by atomic mass is 10.1. The van der Waals surface area contributed by atoms with Gasteiger partial charge in [-0.25, -0.2) is 22.8 Å². The first kappa shape index (κ1) is 27.2. The number of hydrogen-bond donors (Lipinski definition) is 0. The predicted octanol–water partition coefficient (Wildman–Crippen LogP) is 2.27. The molecule has 0 radical (unpaired) electrons. The van der Waals surface area contributed by atoms with Crippen LogP contribution in [0.25, 0.3) is 5.69 Å². The van der Waals surface area contributed by atoms with Crippen LogP contribution in [0.2, 0.25) is 0 Å². The standard InChI is InChI=1S/C25H31FN6O6S/c1-35-17-10-18(14-31(13-17)25-27-11-16(26)12-28-25)39(33,34)15-22-29-30-24(21-8-5-9-38-21)32(22)23-19(36-2)6-4-7-20(23)37-3/h4,6-7,11-12,17-18,21H,5,8-10,13-15H2,1-3H3/t17-,18+,21-/m0/s1. The Morgan fingerprint density at radius 1 is 1.08 bits per heavy atom. The molecule has 4 heterocycles. The quantitative estimate of drug-likeness (QED) is 0.381. The summed E-state index contributed by atoms with van der Waals surface area (Å²) in [5, 5.41) is 7.89. The second kappa shape index (κ2) is 11.4. The zero-order valence-electron chi connectivity index (χ0n) is 22.0. The Balaban J connectivity index is 1.52. The van der Waals surface area contributed by atoms with E-state index in [0.29, 0.717) is 36.2 Å². The van der Waals surface area contributed by atoms with E-state index in [2.05, 4.69) is 20.2 Å². The van der Waals surface area contributed by atoms with Crippen molar-refractivity contribution in [3.05, 3.63) is 48.1 Å².